The molecule has 0 aliphatic carbocycles. The lowest BCUT2D eigenvalue weighted by Gasteiger charge is -2.34. The van der Waals surface area contributed by atoms with E-state index in [0.29, 0.717) is 6.54 Å². The molecule has 0 unspecified atom stereocenters. The molecule has 1 aromatic heterocycles. The van der Waals surface area contributed by atoms with Gasteiger partial charge in [-0.2, -0.15) is 0 Å². The van der Waals surface area contributed by atoms with E-state index in [-0.39, 0.29) is 11.2 Å². The zero-order valence-electron chi connectivity index (χ0n) is 11.1. The van der Waals surface area contributed by atoms with Gasteiger partial charge in [-0.1, -0.05) is 0 Å². The van der Waals surface area contributed by atoms with Gasteiger partial charge in [-0.3, -0.25) is 0 Å². The van der Waals surface area contributed by atoms with E-state index in [0.717, 1.165) is 42.3 Å². The van der Waals surface area contributed by atoms with Crippen molar-refractivity contribution in [3.05, 3.63) is 40.5 Å². The molecule has 1 aliphatic heterocycles. The summed E-state index contributed by atoms with van der Waals surface area (Å²) in [7, 11) is 0. The Morgan fingerprint density at radius 2 is 1.95 bits per heavy atom. The molecule has 2 heterocycles. The number of halogens is 1. The Kier molecular flexibility index (Phi) is 3.83. The number of aromatic nitrogens is 1. The van der Waals surface area contributed by atoms with Crippen molar-refractivity contribution in [2.75, 3.05) is 19.8 Å². The molecule has 0 bridgehead atoms. The molecule has 1 saturated heterocycles. The van der Waals surface area contributed by atoms with Gasteiger partial charge >= 0.3 is 0 Å². The number of benzene rings is 1. The molecule has 2 N–H and O–H groups in total. The Hall–Kier alpha value is -1.30. The first-order valence-corrected chi connectivity index (χ1v) is 7.61. The highest BCUT2D eigenvalue weighted by atomic mass is 32.1. The van der Waals surface area contributed by atoms with Crippen LogP contribution >= 0.6 is 11.3 Å². The van der Waals surface area contributed by atoms with Gasteiger partial charge in [0.15, 0.2) is 0 Å². The van der Waals surface area contributed by atoms with Gasteiger partial charge in [-0.25, -0.2) is 9.37 Å². The van der Waals surface area contributed by atoms with Crippen LogP contribution in [-0.4, -0.2) is 24.7 Å². The second-order valence-corrected chi connectivity index (χ2v) is 6.00. The van der Waals surface area contributed by atoms with Gasteiger partial charge in [-0.15, -0.1) is 11.3 Å². The maximum Gasteiger partial charge on any atom is 0.123 e. The van der Waals surface area contributed by atoms with Gasteiger partial charge in [0.1, 0.15) is 10.8 Å². The van der Waals surface area contributed by atoms with Crippen molar-refractivity contribution in [3.63, 3.8) is 0 Å². The van der Waals surface area contributed by atoms with E-state index in [9.17, 15) is 4.39 Å². The molecule has 0 radical (unpaired) electrons. The van der Waals surface area contributed by atoms with Crippen molar-refractivity contribution in [2.45, 2.75) is 18.3 Å². The standard InChI is InChI=1S/C15H17FN2OS/c16-12-3-1-11(2-4-12)13-9-20-14(18-13)15(10-17)5-7-19-8-6-15/h1-4,9H,5-8,10,17H2. The first-order valence-electron chi connectivity index (χ1n) is 6.73. The Labute approximate surface area is 121 Å². The Morgan fingerprint density at radius 3 is 2.60 bits per heavy atom. The SMILES string of the molecule is NCC1(c2nc(-c3ccc(F)cc3)cs2)CCOCC1. The van der Waals surface area contributed by atoms with Gasteiger partial charge in [0, 0.05) is 36.1 Å². The van der Waals surface area contributed by atoms with Crippen molar-refractivity contribution in [3.8, 4) is 11.3 Å². The third-order valence-electron chi connectivity index (χ3n) is 3.94. The van der Waals surface area contributed by atoms with Crippen LogP contribution in [0, 0.1) is 5.82 Å². The van der Waals surface area contributed by atoms with Crippen molar-refractivity contribution in [2.24, 2.45) is 5.73 Å². The monoisotopic (exact) mass is 292 g/mol. The topological polar surface area (TPSA) is 48.1 Å². The quantitative estimate of drug-likeness (QED) is 0.946. The smallest absolute Gasteiger partial charge is 0.123 e. The van der Waals surface area contributed by atoms with Crippen molar-refractivity contribution >= 4 is 11.3 Å². The second kappa shape index (κ2) is 5.60. The molecule has 3 rings (SSSR count). The van der Waals surface area contributed by atoms with Crippen molar-refractivity contribution in [1.82, 2.24) is 4.98 Å². The maximum atomic E-state index is 13.0. The summed E-state index contributed by atoms with van der Waals surface area (Å²) in [6, 6.07) is 6.43. The van der Waals surface area contributed by atoms with Crippen molar-refractivity contribution < 1.29 is 9.13 Å². The molecule has 5 heteroatoms. The second-order valence-electron chi connectivity index (χ2n) is 5.14. The van der Waals surface area contributed by atoms with E-state index in [1.165, 1.54) is 12.1 Å². The molecule has 1 aliphatic rings. The van der Waals surface area contributed by atoms with Crippen LogP contribution in [-0.2, 0) is 10.2 Å². The molecule has 1 fully saturated rings. The average Bonchev–Trinajstić information content (AvgIpc) is 2.99. The number of thiazole rings is 1. The van der Waals surface area contributed by atoms with Gasteiger partial charge in [0.25, 0.3) is 0 Å². The largest absolute Gasteiger partial charge is 0.381 e. The van der Waals surface area contributed by atoms with Crippen LogP contribution in [0.2, 0.25) is 0 Å². The number of hydrogen-bond acceptors (Lipinski definition) is 4. The lowest BCUT2D eigenvalue weighted by atomic mass is 9.81. The van der Waals surface area contributed by atoms with E-state index >= 15 is 0 Å². The molecule has 0 spiro atoms. The molecule has 106 valence electrons. The fourth-order valence-electron chi connectivity index (χ4n) is 2.54. The van der Waals surface area contributed by atoms with Crippen LogP contribution in [0.1, 0.15) is 17.8 Å². The fourth-order valence-corrected chi connectivity index (χ4v) is 3.64. The maximum absolute atomic E-state index is 13.0. The van der Waals surface area contributed by atoms with E-state index in [1.807, 2.05) is 5.38 Å². The van der Waals surface area contributed by atoms with Gasteiger partial charge in [0.2, 0.25) is 0 Å². The minimum absolute atomic E-state index is 0.0544. The fraction of sp³-hybridized carbons (Fsp3) is 0.400. The van der Waals surface area contributed by atoms with Crippen LogP contribution in [0.15, 0.2) is 29.6 Å². The number of hydrogen-bond donors (Lipinski definition) is 1. The first-order chi connectivity index (χ1) is 9.73. The zero-order valence-corrected chi connectivity index (χ0v) is 12.0. The minimum Gasteiger partial charge on any atom is -0.381 e. The third-order valence-corrected chi connectivity index (χ3v) is 5.03. The van der Waals surface area contributed by atoms with Crippen LogP contribution < -0.4 is 5.73 Å². The average molecular weight is 292 g/mol. The van der Waals surface area contributed by atoms with Crippen LogP contribution in [0.25, 0.3) is 11.3 Å². The highest BCUT2D eigenvalue weighted by Gasteiger charge is 2.35. The first kappa shape index (κ1) is 13.7. The van der Waals surface area contributed by atoms with Crippen LogP contribution in [0.5, 0.6) is 0 Å². The Morgan fingerprint density at radius 1 is 1.25 bits per heavy atom. The molecule has 1 aromatic carbocycles. The minimum atomic E-state index is -0.230. The molecule has 0 amide bonds. The van der Waals surface area contributed by atoms with E-state index in [1.54, 1.807) is 23.5 Å². The molecule has 0 saturated carbocycles. The van der Waals surface area contributed by atoms with E-state index in [4.69, 9.17) is 15.5 Å². The highest BCUT2D eigenvalue weighted by Crippen LogP contribution is 2.37. The summed E-state index contributed by atoms with van der Waals surface area (Å²) in [6.07, 6.45) is 1.83. The molecular formula is C15H17FN2OS. The third kappa shape index (κ3) is 2.49. The summed E-state index contributed by atoms with van der Waals surface area (Å²) >= 11 is 1.64. The molecule has 2 aromatic rings. The Bertz CT molecular complexity index is 576. The molecule has 3 nitrogen and oxygen atoms in total. The normalized spacial score (nSPS) is 18.1. The van der Waals surface area contributed by atoms with Crippen LogP contribution in [0.4, 0.5) is 4.39 Å². The van der Waals surface area contributed by atoms with Crippen LogP contribution in [0.3, 0.4) is 0 Å². The summed E-state index contributed by atoms with van der Waals surface area (Å²) in [5, 5.41) is 3.10. The van der Waals surface area contributed by atoms with Crippen molar-refractivity contribution in [1.29, 1.82) is 0 Å². The lowest BCUT2D eigenvalue weighted by Crippen LogP contribution is -2.40. The predicted molar refractivity (Wildman–Crippen MR) is 78.3 cm³/mol. The van der Waals surface area contributed by atoms with Gasteiger partial charge < -0.3 is 10.5 Å². The molecular weight excluding hydrogens is 275 g/mol. The Balaban J connectivity index is 1.91. The molecule has 0 atom stereocenters. The number of ether oxygens (including phenoxy) is 1. The summed E-state index contributed by atoms with van der Waals surface area (Å²) < 4.78 is 18.4. The number of nitrogens with zero attached hydrogens (tertiary/aromatic N) is 1. The summed E-state index contributed by atoms with van der Waals surface area (Å²) in [4.78, 5) is 4.74. The number of rotatable bonds is 3. The lowest BCUT2D eigenvalue weighted by molar-refractivity contribution is 0.0529. The summed E-state index contributed by atoms with van der Waals surface area (Å²) in [6.45, 7) is 2.07. The summed E-state index contributed by atoms with van der Waals surface area (Å²) in [5.41, 5.74) is 7.78. The summed E-state index contributed by atoms with van der Waals surface area (Å²) in [5.74, 6) is -0.230. The van der Waals surface area contributed by atoms with Gasteiger partial charge in [-0.05, 0) is 37.1 Å². The number of nitrogens with two attached hydrogens (primary N) is 1. The molecule has 20 heavy (non-hydrogen) atoms. The predicted octanol–water partition coefficient (Wildman–Crippen LogP) is 2.96. The van der Waals surface area contributed by atoms with E-state index in [2.05, 4.69) is 0 Å². The van der Waals surface area contributed by atoms with E-state index < -0.39 is 0 Å². The zero-order chi connectivity index (χ0) is 14.0. The highest BCUT2D eigenvalue weighted by molar-refractivity contribution is 7.10. The van der Waals surface area contributed by atoms with Gasteiger partial charge in [0.05, 0.1) is 5.69 Å².